The Morgan fingerprint density at radius 3 is 2.84 bits per heavy atom. The average Bonchev–Trinajstić information content (AvgIpc) is 2.46. The van der Waals surface area contributed by atoms with Crippen molar-refractivity contribution in [1.82, 2.24) is 0 Å². The number of benzene rings is 2. The molecule has 0 saturated carbocycles. The number of ether oxygens (including phenoxy) is 1. The van der Waals surface area contributed by atoms with E-state index in [2.05, 4.69) is 29.2 Å². The van der Waals surface area contributed by atoms with Crippen LogP contribution in [-0.2, 0) is 6.42 Å². The summed E-state index contributed by atoms with van der Waals surface area (Å²) in [5.41, 5.74) is 10.5. The van der Waals surface area contributed by atoms with Crippen molar-refractivity contribution in [3.63, 3.8) is 0 Å². The van der Waals surface area contributed by atoms with Crippen molar-refractivity contribution < 1.29 is 4.74 Å². The van der Waals surface area contributed by atoms with Crippen LogP contribution in [-0.4, -0.2) is 13.7 Å². The van der Waals surface area contributed by atoms with Crippen molar-refractivity contribution in [3.05, 3.63) is 48.0 Å². The number of para-hydroxylation sites is 1. The molecule has 3 rings (SSSR count). The van der Waals surface area contributed by atoms with Crippen LogP contribution in [0.25, 0.3) is 0 Å². The Morgan fingerprint density at radius 2 is 2.00 bits per heavy atom. The fraction of sp³-hybridized carbons (Fsp3) is 0.250. The standard InChI is InChI=1S/C16H18N2O/c1-19-15-10-13(17)9-14(11-15)18-8-4-6-12-5-2-3-7-16(12)18/h2-3,5,7,9-11H,4,6,8,17H2,1H3. The van der Waals surface area contributed by atoms with E-state index in [9.17, 15) is 0 Å². The molecule has 0 unspecified atom stereocenters. The fourth-order valence-electron chi connectivity index (χ4n) is 2.68. The first-order chi connectivity index (χ1) is 9.28. The Labute approximate surface area is 113 Å². The molecular formula is C16H18N2O. The van der Waals surface area contributed by atoms with Crippen molar-refractivity contribution >= 4 is 17.1 Å². The van der Waals surface area contributed by atoms with Crippen LogP contribution in [0.4, 0.5) is 17.1 Å². The largest absolute Gasteiger partial charge is 0.497 e. The molecule has 98 valence electrons. The number of anilines is 3. The Kier molecular flexibility index (Phi) is 3.03. The van der Waals surface area contributed by atoms with Gasteiger partial charge >= 0.3 is 0 Å². The molecule has 0 radical (unpaired) electrons. The molecule has 0 fully saturated rings. The number of rotatable bonds is 2. The molecule has 19 heavy (non-hydrogen) atoms. The number of methoxy groups -OCH3 is 1. The molecule has 3 heteroatoms. The van der Waals surface area contributed by atoms with Crippen LogP contribution in [0.15, 0.2) is 42.5 Å². The first kappa shape index (κ1) is 11.9. The molecule has 2 N–H and O–H groups in total. The number of fused-ring (bicyclic) bond motifs is 1. The summed E-state index contributed by atoms with van der Waals surface area (Å²) in [4.78, 5) is 2.32. The second kappa shape index (κ2) is 4.84. The topological polar surface area (TPSA) is 38.5 Å². The first-order valence-electron chi connectivity index (χ1n) is 6.58. The van der Waals surface area contributed by atoms with Crippen LogP contribution in [0.1, 0.15) is 12.0 Å². The van der Waals surface area contributed by atoms with Gasteiger partial charge in [0.15, 0.2) is 0 Å². The van der Waals surface area contributed by atoms with Gasteiger partial charge in [-0.2, -0.15) is 0 Å². The smallest absolute Gasteiger partial charge is 0.122 e. The van der Waals surface area contributed by atoms with Gasteiger partial charge in [-0.05, 0) is 30.5 Å². The van der Waals surface area contributed by atoms with E-state index in [0.29, 0.717) is 0 Å². The lowest BCUT2D eigenvalue weighted by molar-refractivity contribution is 0.415. The third-order valence-electron chi connectivity index (χ3n) is 3.57. The molecule has 0 spiro atoms. The van der Waals surface area contributed by atoms with Gasteiger partial charge in [-0.1, -0.05) is 18.2 Å². The highest BCUT2D eigenvalue weighted by molar-refractivity contribution is 5.71. The highest BCUT2D eigenvalue weighted by Crippen LogP contribution is 2.35. The summed E-state index contributed by atoms with van der Waals surface area (Å²) < 4.78 is 5.31. The van der Waals surface area contributed by atoms with Gasteiger partial charge in [0, 0.05) is 35.7 Å². The number of aryl methyl sites for hydroxylation is 1. The molecule has 0 saturated heterocycles. The third-order valence-corrected chi connectivity index (χ3v) is 3.57. The lowest BCUT2D eigenvalue weighted by Gasteiger charge is -2.31. The summed E-state index contributed by atoms with van der Waals surface area (Å²) in [6.45, 7) is 1.02. The van der Waals surface area contributed by atoms with E-state index in [-0.39, 0.29) is 0 Å². The van der Waals surface area contributed by atoms with Gasteiger partial charge in [0.05, 0.1) is 7.11 Å². The van der Waals surface area contributed by atoms with Gasteiger partial charge in [-0.25, -0.2) is 0 Å². The van der Waals surface area contributed by atoms with E-state index < -0.39 is 0 Å². The minimum atomic E-state index is 0.734. The van der Waals surface area contributed by atoms with E-state index in [1.54, 1.807) is 7.11 Å². The molecule has 1 aliphatic rings. The summed E-state index contributed by atoms with van der Waals surface area (Å²) in [5.74, 6) is 0.804. The number of nitrogens with two attached hydrogens (primary N) is 1. The molecule has 0 aliphatic carbocycles. The lowest BCUT2D eigenvalue weighted by atomic mass is 10.0. The zero-order valence-corrected chi connectivity index (χ0v) is 11.1. The quantitative estimate of drug-likeness (QED) is 0.835. The Hall–Kier alpha value is -2.16. The Bertz CT molecular complexity index is 595. The first-order valence-corrected chi connectivity index (χ1v) is 6.58. The van der Waals surface area contributed by atoms with Crippen LogP contribution in [0.5, 0.6) is 5.75 Å². The highest BCUT2D eigenvalue weighted by Gasteiger charge is 2.18. The van der Waals surface area contributed by atoms with Gasteiger partial charge in [-0.15, -0.1) is 0 Å². The number of hydrogen-bond donors (Lipinski definition) is 1. The minimum absolute atomic E-state index is 0.734. The highest BCUT2D eigenvalue weighted by atomic mass is 16.5. The normalized spacial score (nSPS) is 14.1. The van der Waals surface area contributed by atoms with Crippen LogP contribution in [0.2, 0.25) is 0 Å². The maximum atomic E-state index is 5.95. The van der Waals surface area contributed by atoms with E-state index in [4.69, 9.17) is 10.5 Å². The Balaban J connectivity index is 2.06. The number of nitrogen functional groups attached to an aromatic ring is 1. The SMILES string of the molecule is COc1cc(N)cc(N2CCCc3ccccc32)c1. The van der Waals surface area contributed by atoms with Crippen molar-refractivity contribution in [1.29, 1.82) is 0 Å². The molecule has 0 bridgehead atoms. The summed E-state index contributed by atoms with van der Waals surface area (Å²) in [6.07, 6.45) is 2.31. The summed E-state index contributed by atoms with van der Waals surface area (Å²) in [7, 11) is 1.67. The molecule has 3 nitrogen and oxygen atoms in total. The second-order valence-corrected chi connectivity index (χ2v) is 4.85. The minimum Gasteiger partial charge on any atom is -0.497 e. The molecule has 1 heterocycles. The van der Waals surface area contributed by atoms with Crippen LogP contribution >= 0.6 is 0 Å². The van der Waals surface area contributed by atoms with Gasteiger partial charge in [0.1, 0.15) is 5.75 Å². The molecule has 0 aromatic heterocycles. The molecule has 0 atom stereocenters. The zero-order chi connectivity index (χ0) is 13.2. The fourth-order valence-corrected chi connectivity index (χ4v) is 2.68. The number of nitrogens with zero attached hydrogens (tertiary/aromatic N) is 1. The lowest BCUT2D eigenvalue weighted by Crippen LogP contribution is -2.24. The second-order valence-electron chi connectivity index (χ2n) is 4.85. The van der Waals surface area contributed by atoms with Crippen molar-refractivity contribution in [2.45, 2.75) is 12.8 Å². The number of hydrogen-bond acceptors (Lipinski definition) is 3. The Morgan fingerprint density at radius 1 is 1.16 bits per heavy atom. The maximum Gasteiger partial charge on any atom is 0.122 e. The van der Waals surface area contributed by atoms with E-state index >= 15 is 0 Å². The van der Waals surface area contributed by atoms with Gasteiger partial charge in [0.25, 0.3) is 0 Å². The summed E-state index contributed by atoms with van der Waals surface area (Å²) >= 11 is 0. The molecule has 0 amide bonds. The average molecular weight is 254 g/mol. The van der Waals surface area contributed by atoms with Crippen molar-refractivity contribution in [2.75, 3.05) is 24.3 Å². The maximum absolute atomic E-state index is 5.95. The van der Waals surface area contributed by atoms with Crippen molar-refractivity contribution in [2.24, 2.45) is 0 Å². The van der Waals surface area contributed by atoms with Gasteiger partial charge in [0.2, 0.25) is 0 Å². The van der Waals surface area contributed by atoms with E-state index in [0.717, 1.165) is 36.5 Å². The molecule has 1 aliphatic heterocycles. The van der Waals surface area contributed by atoms with E-state index in [1.807, 2.05) is 18.2 Å². The molecule has 2 aromatic carbocycles. The molecule has 2 aromatic rings. The van der Waals surface area contributed by atoms with Gasteiger partial charge < -0.3 is 15.4 Å². The summed E-state index contributed by atoms with van der Waals surface area (Å²) in [6, 6.07) is 14.4. The predicted octanol–water partition coefficient (Wildman–Crippen LogP) is 3.36. The van der Waals surface area contributed by atoms with Crippen LogP contribution < -0.4 is 15.4 Å². The monoisotopic (exact) mass is 254 g/mol. The van der Waals surface area contributed by atoms with Crippen molar-refractivity contribution in [3.8, 4) is 5.75 Å². The predicted molar refractivity (Wildman–Crippen MR) is 79.2 cm³/mol. The van der Waals surface area contributed by atoms with Crippen LogP contribution in [0.3, 0.4) is 0 Å². The van der Waals surface area contributed by atoms with E-state index in [1.165, 1.54) is 11.3 Å². The summed E-state index contributed by atoms with van der Waals surface area (Å²) in [5, 5.41) is 0. The molecular weight excluding hydrogens is 236 g/mol. The zero-order valence-electron chi connectivity index (χ0n) is 11.1. The van der Waals surface area contributed by atoms with Gasteiger partial charge in [-0.3, -0.25) is 0 Å². The van der Waals surface area contributed by atoms with Crippen LogP contribution in [0, 0.1) is 0 Å². The third kappa shape index (κ3) is 2.24.